The van der Waals surface area contributed by atoms with E-state index in [-0.39, 0.29) is 18.3 Å². The molecule has 0 radical (unpaired) electrons. The minimum atomic E-state index is -2.66. The maximum Gasteiger partial charge on any atom is 0.505 e. The second kappa shape index (κ2) is 10.5. The summed E-state index contributed by atoms with van der Waals surface area (Å²) in [5.74, 6) is 0. The van der Waals surface area contributed by atoms with Crippen LogP contribution >= 0.6 is 0 Å². The highest BCUT2D eigenvalue weighted by molar-refractivity contribution is 6.61. The van der Waals surface area contributed by atoms with Crippen molar-refractivity contribution < 1.29 is 13.3 Å². The van der Waals surface area contributed by atoms with Gasteiger partial charge in [-0.15, -0.1) is 0 Å². The zero-order valence-electron chi connectivity index (χ0n) is 14.4. The molecule has 0 rings (SSSR count). The Hall–Kier alpha value is -0.163. The number of rotatable bonds is 11. The fourth-order valence-corrected chi connectivity index (χ4v) is 4.98. The maximum atomic E-state index is 6.28. The van der Waals surface area contributed by atoms with E-state index in [1.54, 1.807) is 0 Å². The molecule has 120 valence electrons. The van der Waals surface area contributed by atoms with E-state index in [4.69, 9.17) is 13.3 Å². The summed E-state index contributed by atoms with van der Waals surface area (Å²) >= 11 is 0. The molecule has 0 amide bonds. The quantitative estimate of drug-likeness (QED) is 0.399. The Morgan fingerprint density at radius 1 is 0.800 bits per heavy atom. The van der Waals surface area contributed by atoms with E-state index in [2.05, 4.69) is 47.6 Å². The SMILES string of the molecule is CC=CC[Si](OC(C)CC)(OC(C)CC)OC(C)CC. The van der Waals surface area contributed by atoms with Crippen molar-refractivity contribution in [3.05, 3.63) is 12.2 Å². The molecule has 0 saturated carbocycles. The van der Waals surface area contributed by atoms with Crippen molar-refractivity contribution in [2.45, 2.75) is 92.1 Å². The first-order valence-electron chi connectivity index (χ1n) is 8.07. The maximum absolute atomic E-state index is 6.28. The molecule has 3 atom stereocenters. The average Bonchev–Trinajstić information content (AvgIpc) is 2.44. The third-order valence-electron chi connectivity index (χ3n) is 3.47. The van der Waals surface area contributed by atoms with Crippen LogP contribution in [0.4, 0.5) is 0 Å². The van der Waals surface area contributed by atoms with Gasteiger partial charge in [-0.25, -0.2) is 0 Å². The Balaban J connectivity index is 5.13. The molecule has 0 aromatic rings. The smallest absolute Gasteiger partial charge is 0.370 e. The summed E-state index contributed by atoms with van der Waals surface area (Å²) in [5.41, 5.74) is 0. The van der Waals surface area contributed by atoms with E-state index in [0.717, 1.165) is 25.3 Å². The van der Waals surface area contributed by atoms with Crippen molar-refractivity contribution in [2.75, 3.05) is 0 Å². The van der Waals surface area contributed by atoms with Crippen LogP contribution in [-0.2, 0) is 13.3 Å². The average molecular weight is 303 g/mol. The van der Waals surface area contributed by atoms with Crippen LogP contribution in [0.15, 0.2) is 12.2 Å². The van der Waals surface area contributed by atoms with Crippen LogP contribution in [-0.4, -0.2) is 27.1 Å². The van der Waals surface area contributed by atoms with Gasteiger partial charge in [0.1, 0.15) is 0 Å². The highest BCUT2D eigenvalue weighted by Crippen LogP contribution is 2.25. The van der Waals surface area contributed by atoms with Crippen LogP contribution in [0.1, 0.15) is 67.7 Å². The number of hydrogen-bond donors (Lipinski definition) is 0. The molecular formula is C16H34O3Si. The van der Waals surface area contributed by atoms with Gasteiger partial charge in [0, 0.05) is 24.4 Å². The molecule has 0 fully saturated rings. The molecule has 0 aliphatic heterocycles. The van der Waals surface area contributed by atoms with E-state index >= 15 is 0 Å². The molecular weight excluding hydrogens is 268 g/mol. The van der Waals surface area contributed by atoms with Crippen molar-refractivity contribution in [3.8, 4) is 0 Å². The lowest BCUT2D eigenvalue weighted by atomic mass is 10.3. The van der Waals surface area contributed by atoms with Gasteiger partial charge in [-0.3, -0.25) is 0 Å². The van der Waals surface area contributed by atoms with Gasteiger partial charge < -0.3 is 13.3 Å². The third kappa shape index (κ3) is 7.57. The Labute approximate surface area is 127 Å². The lowest BCUT2D eigenvalue weighted by molar-refractivity contribution is -0.00858. The standard InChI is InChI=1S/C16H34O3Si/c1-8-12-13-20(17-14(5)9-2,18-15(6)10-3)19-16(7)11-4/h8,12,14-16H,9-11,13H2,1-7H3. The van der Waals surface area contributed by atoms with Crippen molar-refractivity contribution >= 4 is 8.80 Å². The molecule has 3 unspecified atom stereocenters. The molecule has 0 saturated heterocycles. The van der Waals surface area contributed by atoms with Crippen LogP contribution in [0.25, 0.3) is 0 Å². The molecule has 3 nitrogen and oxygen atoms in total. The molecule has 4 heteroatoms. The van der Waals surface area contributed by atoms with E-state index in [1.165, 1.54) is 0 Å². The fraction of sp³-hybridized carbons (Fsp3) is 0.875. The van der Waals surface area contributed by atoms with Gasteiger partial charge in [0.25, 0.3) is 0 Å². The van der Waals surface area contributed by atoms with Gasteiger partial charge in [-0.1, -0.05) is 32.9 Å². The lowest BCUT2D eigenvalue weighted by Gasteiger charge is -2.35. The van der Waals surface area contributed by atoms with E-state index < -0.39 is 8.80 Å². The Morgan fingerprint density at radius 2 is 1.15 bits per heavy atom. The van der Waals surface area contributed by atoms with Gasteiger partial charge in [0.15, 0.2) is 0 Å². The van der Waals surface area contributed by atoms with Gasteiger partial charge in [0.05, 0.1) is 0 Å². The van der Waals surface area contributed by atoms with Crippen LogP contribution in [0.5, 0.6) is 0 Å². The largest absolute Gasteiger partial charge is 0.505 e. The third-order valence-corrected chi connectivity index (χ3v) is 6.49. The van der Waals surface area contributed by atoms with Crippen LogP contribution in [0.3, 0.4) is 0 Å². The van der Waals surface area contributed by atoms with Crippen molar-refractivity contribution in [1.29, 1.82) is 0 Å². The first kappa shape index (κ1) is 19.8. The van der Waals surface area contributed by atoms with Crippen molar-refractivity contribution in [2.24, 2.45) is 0 Å². The van der Waals surface area contributed by atoms with Crippen molar-refractivity contribution in [3.63, 3.8) is 0 Å². The summed E-state index contributed by atoms with van der Waals surface area (Å²) in [6, 6.07) is 0.753. The second-order valence-electron chi connectivity index (χ2n) is 5.47. The Kier molecular flexibility index (Phi) is 10.5. The topological polar surface area (TPSA) is 27.7 Å². The molecule has 0 bridgehead atoms. The molecule has 0 aliphatic rings. The van der Waals surface area contributed by atoms with Crippen molar-refractivity contribution in [1.82, 2.24) is 0 Å². The summed E-state index contributed by atoms with van der Waals surface area (Å²) in [6.07, 6.45) is 7.57. The van der Waals surface area contributed by atoms with Crippen LogP contribution in [0, 0.1) is 0 Å². The van der Waals surface area contributed by atoms with Gasteiger partial charge >= 0.3 is 8.80 Å². The zero-order valence-corrected chi connectivity index (χ0v) is 15.4. The molecule has 0 N–H and O–H groups in total. The molecule has 0 aliphatic carbocycles. The van der Waals surface area contributed by atoms with Crippen LogP contribution in [0.2, 0.25) is 6.04 Å². The molecule has 0 heterocycles. The Bertz CT molecular complexity index is 237. The first-order valence-corrected chi connectivity index (χ1v) is 10.0. The predicted molar refractivity (Wildman–Crippen MR) is 87.9 cm³/mol. The number of hydrogen-bond acceptors (Lipinski definition) is 3. The highest BCUT2D eigenvalue weighted by atomic mass is 28.4. The van der Waals surface area contributed by atoms with E-state index in [9.17, 15) is 0 Å². The van der Waals surface area contributed by atoms with Gasteiger partial charge in [-0.2, -0.15) is 0 Å². The molecule has 0 spiro atoms. The van der Waals surface area contributed by atoms with Crippen LogP contribution < -0.4 is 0 Å². The summed E-state index contributed by atoms with van der Waals surface area (Å²) in [4.78, 5) is 0. The predicted octanol–water partition coefficient (Wildman–Crippen LogP) is 4.95. The van der Waals surface area contributed by atoms with Gasteiger partial charge in [-0.05, 0) is 47.0 Å². The first-order chi connectivity index (χ1) is 9.42. The van der Waals surface area contributed by atoms with E-state index in [0.29, 0.717) is 0 Å². The highest BCUT2D eigenvalue weighted by Gasteiger charge is 2.44. The molecule has 0 aromatic heterocycles. The second-order valence-corrected chi connectivity index (χ2v) is 7.95. The minimum Gasteiger partial charge on any atom is -0.370 e. The van der Waals surface area contributed by atoms with E-state index in [1.807, 2.05) is 13.0 Å². The monoisotopic (exact) mass is 302 g/mol. The molecule has 0 aromatic carbocycles. The summed E-state index contributed by atoms with van der Waals surface area (Å²) < 4.78 is 18.8. The minimum absolute atomic E-state index is 0.167. The number of allylic oxidation sites excluding steroid dienone is 2. The lowest BCUT2D eigenvalue weighted by Crippen LogP contribution is -2.51. The normalized spacial score (nSPS) is 19.8. The zero-order chi connectivity index (χ0) is 15.6. The summed E-state index contributed by atoms with van der Waals surface area (Å²) in [5, 5.41) is 0. The summed E-state index contributed by atoms with van der Waals surface area (Å²) in [7, 11) is -2.66. The Morgan fingerprint density at radius 3 is 1.40 bits per heavy atom. The van der Waals surface area contributed by atoms with Gasteiger partial charge in [0.2, 0.25) is 0 Å². The summed E-state index contributed by atoms with van der Waals surface area (Å²) in [6.45, 7) is 14.7. The fourth-order valence-electron chi connectivity index (χ4n) is 1.66. The molecule has 20 heavy (non-hydrogen) atoms.